The first-order valence-corrected chi connectivity index (χ1v) is 9.66. The first-order chi connectivity index (χ1) is 13.6. The summed E-state index contributed by atoms with van der Waals surface area (Å²) in [4.78, 5) is 6.88. The van der Waals surface area contributed by atoms with Crippen molar-refractivity contribution in [2.24, 2.45) is 10.7 Å². The average Bonchev–Trinajstić information content (AvgIpc) is 2.75. The molecule has 0 fully saturated rings. The molecule has 0 bridgehead atoms. The van der Waals surface area contributed by atoms with E-state index < -0.39 is 0 Å². The van der Waals surface area contributed by atoms with Gasteiger partial charge in [-0.2, -0.15) is 0 Å². The molecule has 2 rings (SSSR count). The van der Waals surface area contributed by atoms with Gasteiger partial charge in [0.05, 0.1) is 26.8 Å². The highest BCUT2D eigenvalue weighted by Gasteiger charge is 2.17. The second-order valence-corrected chi connectivity index (χ2v) is 6.42. The number of halogens is 1. The summed E-state index contributed by atoms with van der Waals surface area (Å²) >= 11 is 0. The van der Waals surface area contributed by atoms with Gasteiger partial charge in [-0.1, -0.05) is 50.2 Å². The molecule has 160 valence electrons. The molecule has 1 unspecified atom stereocenters. The number of nitrogens with two attached hydrogens (primary N) is 1. The third-order valence-electron chi connectivity index (χ3n) is 4.79. The zero-order valence-electron chi connectivity index (χ0n) is 17.7. The predicted octanol–water partition coefficient (Wildman–Crippen LogP) is 3.81. The second-order valence-electron chi connectivity index (χ2n) is 6.42. The maximum Gasteiger partial charge on any atom is 0.188 e. The van der Waals surface area contributed by atoms with Crippen LogP contribution in [0.2, 0.25) is 0 Å². The summed E-state index contributed by atoms with van der Waals surface area (Å²) in [6, 6.07) is 16.5. The molecule has 6 nitrogen and oxygen atoms in total. The summed E-state index contributed by atoms with van der Waals surface area (Å²) < 4.78 is 10.6. The highest BCUT2D eigenvalue weighted by molar-refractivity contribution is 14.0. The minimum atomic E-state index is 0. The van der Waals surface area contributed by atoms with E-state index in [2.05, 4.69) is 53.3 Å². The Morgan fingerprint density at radius 2 is 1.69 bits per heavy atom. The van der Waals surface area contributed by atoms with E-state index >= 15 is 0 Å². The van der Waals surface area contributed by atoms with Gasteiger partial charge in [-0.05, 0) is 36.3 Å². The normalized spacial score (nSPS) is 12.2. The molecule has 7 heteroatoms. The predicted molar refractivity (Wildman–Crippen MR) is 130 cm³/mol. The lowest BCUT2D eigenvalue weighted by Crippen LogP contribution is -2.40. The molecule has 2 aromatic carbocycles. The van der Waals surface area contributed by atoms with Gasteiger partial charge in [-0.15, -0.1) is 24.0 Å². The van der Waals surface area contributed by atoms with Crippen molar-refractivity contribution in [3.63, 3.8) is 0 Å². The van der Waals surface area contributed by atoms with E-state index in [1.165, 1.54) is 5.56 Å². The first-order valence-electron chi connectivity index (χ1n) is 9.66. The molecule has 0 amide bonds. The zero-order chi connectivity index (χ0) is 20.4. The van der Waals surface area contributed by atoms with Crippen molar-refractivity contribution < 1.29 is 9.47 Å². The molecule has 3 N–H and O–H groups in total. The molecule has 0 aliphatic rings. The van der Waals surface area contributed by atoms with Gasteiger partial charge in [0.2, 0.25) is 0 Å². The van der Waals surface area contributed by atoms with E-state index in [0.29, 0.717) is 30.5 Å². The van der Waals surface area contributed by atoms with Crippen LogP contribution in [0.5, 0.6) is 11.5 Å². The number of likely N-dealkylation sites (N-methyl/N-ethyl adjacent to an activating group) is 1. The minimum absolute atomic E-state index is 0. The van der Waals surface area contributed by atoms with Crippen LogP contribution in [0.3, 0.4) is 0 Å². The Morgan fingerprint density at radius 3 is 2.28 bits per heavy atom. The van der Waals surface area contributed by atoms with Crippen LogP contribution < -0.4 is 20.5 Å². The second kappa shape index (κ2) is 13.3. The minimum Gasteiger partial charge on any atom is -0.493 e. The van der Waals surface area contributed by atoms with Crippen molar-refractivity contribution in [1.29, 1.82) is 0 Å². The molecular weight excluding hydrogens is 479 g/mol. The number of rotatable bonds is 10. The topological polar surface area (TPSA) is 72.1 Å². The van der Waals surface area contributed by atoms with Crippen LogP contribution in [-0.4, -0.2) is 44.7 Å². The van der Waals surface area contributed by atoms with Gasteiger partial charge in [0, 0.05) is 6.54 Å². The number of aliphatic imine (C=N–C) groups is 1. The Morgan fingerprint density at radius 1 is 1.03 bits per heavy atom. The van der Waals surface area contributed by atoms with Gasteiger partial charge in [0.25, 0.3) is 0 Å². The molecule has 0 aliphatic carbocycles. The van der Waals surface area contributed by atoms with Gasteiger partial charge >= 0.3 is 0 Å². The summed E-state index contributed by atoms with van der Waals surface area (Å²) in [5.74, 6) is 1.82. The summed E-state index contributed by atoms with van der Waals surface area (Å²) in [7, 11) is 3.24. The van der Waals surface area contributed by atoms with Crippen LogP contribution in [0, 0.1) is 0 Å². The third kappa shape index (κ3) is 7.40. The molecule has 0 heterocycles. The lowest BCUT2D eigenvalue weighted by Gasteiger charge is -2.30. The number of methoxy groups -OCH3 is 2. The van der Waals surface area contributed by atoms with E-state index in [-0.39, 0.29) is 30.0 Å². The van der Waals surface area contributed by atoms with Gasteiger partial charge in [-0.25, -0.2) is 4.99 Å². The van der Waals surface area contributed by atoms with Crippen LogP contribution in [0.25, 0.3) is 0 Å². The van der Waals surface area contributed by atoms with Crippen LogP contribution in [-0.2, 0) is 6.54 Å². The van der Waals surface area contributed by atoms with Crippen molar-refractivity contribution in [2.75, 3.05) is 33.9 Å². The quantitative estimate of drug-likeness (QED) is 0.288. The lowest BCUT2D eigenvalue weighted by atomic mass is 10.1. The maximum absolute atomic E-state index is 6.12. The molecule has 0 saturated heterocycles. The molecule has 1 atom stereocenters. The van der Waals surface area contributed by atoms with Crippen molar-refractivity contribution in [1.82, 2.24) is 10.2 Å². The maximum atomic E-state index is 6.12. The van der Waals surface area contributed by atoms with E-state index in [1.54, 1.807) is 14.2 Å². The summed E-state index contributed by atoms with van der Waals surface area (Å²) in [6.45, 7) is 7.47. The molecule has 0 aliphatic heterocycles. The van der Waals surface area contributed by atoms with Crippen molar-refractivity contribution in [3.05, 3.63) is 59.7 Å². The summed E-state index contributed by atoms with van der Waals surface area (Å²) in [5, 5.41) is 3.28. The lowest BCUT2D eigenvalue weighted by molar-refractivity contribution is 0.219. The number of hydrogen-bond donors (Lipinski definition) is 2. The number of nitrogens with zero attached hydrogens (tertiary/aromatic N) is 2. The number of guanidine groups is 1. The third-order valence-corrected chi connectivity index (χ3v) is 4.79. The van der Waals surface area contributed by atoms with Crippen molar-refractivity contribution in [2.45, 2.75) is 26.4 Å². The smallest absolute Gasteiger partial charge is 0.188 e. The van der Waals surface area contributed by atoms with E-state index in [1.807, 2.05) is 24.3 Å². The number of hydrogen-bond acceptors (Lipinski definition) is 4. The van der Waals surface area contributed by atoms with Crippen LogP contribution in [0.4, 0.5) is 0 Å². The fourth-order valence-corrected chi connectivity index (χ4v) is 3.21. The van der Waals surface area contributed by atoms with Gasteiger partial charge in [0.1, 0.15) is 0 Å². The zero-order valence-corrected chi connectivity index (χ0v) is 20.1. The molecule has 0 radical (unpaired) electrons. The van der Waals surface area contributed by atoms with Crippen LogP contribution in [0.1, 0.15) is 31.0 Å². The summed E-state index contributed by atoms with van der Waals surface area (Å²) in [6.07, 6.45) is 0. The largest absolute Gasteiger partial charge is 0.493 e. The van der Waals surface area contributed by atoms with E-state index in [0.717, 1.165) is 18.7 Å². The first kappa shape index (κ1) is 25.0. The molecule has 29 heavy (non-hydrogen) atoms. The number of ether oxygens (including phenoxy) is 2. The number of nitrogens with one attached hydrogen (secondary N) is 1. The average molecular weight is 512 g/mol. The Bertz CT molecular complexity index is 752. The van der Waals surface area contributed by atoms with Crippen molar-refractivity contribution in [3.8, 4) is 11.5 Å². The number of benzene rings is 2. The fraction of sp³-hybridized carbons (Fsp3) is 0.409. The standard InChI is InChI=1S/C22H32N4O2.HI/c1-5-26(6-2)19(18-10-8-7-9-11-18)16-25-22(23)24-15-17-12-13-20(27-3)21(14-17)28-4;/h7-14,19H,5-6,15-16H2,1-4H3,(H3,23,24,25);1H. The fourth-order valence-electron chi connectivity index (χ4n) is 3.21. The highest BCUT2D eigenvalue weighted by atomic mass is 127. The Balaban J connectivity index is 0.00000420. The molecule has 2 aromatic rings. The summed E-state index contributed by atoms with van der Waals surface area (Å²) in [5.41, 5.74) is 8.40. The van der Waals surface area contributed by atoms with E-state index in [4.69, 9.17) is 15.2 Å². The van der Waals surface area contributed by atoms with Crippen molar-refractivity contribution >= 4 is 29.9 Å². The van der Waals surface area contributed by atoms with E-state index in [9.17, 15) is 0 Å². The Kier molecular flexibility index (Phi) is 11.5. The van der Waals surface area contributed by atoms with Crippen LogP contribution >= 0.6 is 24.0 Å². The Labute approximate surface area is 191 Å². The highest BCUT2D eigenvalue weighted by Crippen LogP contribution is 2.27. The monoisotopic (exact) mass is 512 g/mol. The molecular formula is C22H33IN4O2. The molecule has 0 saturated carbocycles. The van der Waals surface area contributed by atoms with Gasteiger partial charge in [-0.3, -0.25) is 4.90 Å². The molecule has 0 aromatic heterocycles. The Hall–Kier alpha value is -2.00. The van der Waals surface area contributed by atoms with Crippen LogP contribution in [0.15, 0.2) is 53.5 Å². The van der Waals surface area contributed by atoms with Gasteiger partial charge < -0.3 is 20.5 Å². The van der Waals surface area contributed by atoms with Gasteiger partial charge in [0.15, 0.2) is 17.5 Å². The SMILES string of the molecule is CCN(CC)C(CNC(N)=NCc1ccc(OC)c(OC)c1)c1ccccc1.I. The molecule has 0 spiro atoms.